The van der Waals surface area contributed by atoms with Crippen molar-refractivity contribution >= 4 is 27.9 Å². The summed E-state index contributed by atoms with van der Waals surface area (Å²) in [4.78, 5) is 28.3. The van der Waals surface area contributed by atoms with Gasteiger partial charge >= 0.3 is 11.9 Å². The highest BCUT2D eigenvalue weighted by Gasteiger charge is 2.40. The predicted molar refractivity (Wildman–Crippen MR) is 147 cm³/mol. The van der Waals surface area contributed by atoms with Crippen LogP contribution in [0.1, 0.15) is 52.0 Å². The van der Waals surface area contributed by atoms with Crippen LogP contribution in [0.15, 0.2) is 45.2 Å². The number of benzene rings is 1. The Hall–Kier alpha value is -3.20. The van der Waals surface area contributed by atoms with Gasteiger partial charge in [-0.05, 0) is 63.9 Å². The third-order valence-electron chi connectivity index (χ3n) is 6.22. The first-order valence-electron chi connectivity index (χ1n) is 12.2. The van der Waals surface area contributed by atoms with Gasteiger partial charge in [-0.3, -0.25) is 0 Å². The Morgan fingerprint density at radius 3 is 2.19 bits per heavy atom. The number of carbonyl (C=O) groups is 2. The summed E-state index contributed by atoms with van der Waals surface area (Å²) in [5, 5.41) is 3.44. The maximum Gasteiger partial charge on any atom is 0.337 e. The lowest BCUT2D eigenvalue weighted by Gasteiger charge is -2.36. The first-order valence-corrected chi connectivity index (χ1v) is 13.0. The van der Waals surface area contributed by atoms with Gasteiger partial charge < -0.3 is 24.4 Å². The van der Waals surface area contributed by atoms with Crippen LogP contribution in [0.3, 0.4) is 0 Å². The lowest BCUT2D eigenvalue weighted by molar-refractivity contribution is -0.138. The summed E-state index contributed by atoms with van der Waals surface area (Å²) in [6.45, 7) is 8.91. The molecule has 8 heteroatoms. The number of carbonyl (C=O) groups excluding carboxylic acids is 2. The van der Waals surface area contributed by atoms with Gasteiger partial charge in [0.1, 0.15) is 5.75 Å². The van der Waals surface area contributed by atoms with Gasteiger partial charge in [0.2, 0.25) is 0 Å². The van der Waals surface area contributed by atoms with Crippen LogP contribution in [0, 0.1) is 24.7 Å². The van der Waals surface area contributed by atoms with Gasteiger partial charge in [0.15, 0.2) is 13.2 Å². The molecule has 1 aliphatic rings. The van der Waals surface area contributed by atoms with E-state index in [4.69, 9.17) is 27.1 Å². The molecule has 1 heterocycles. The second-order valence-electron chi connectivity index (χ2n) is 8.73. The zero-order valence-corrected chi connectivity index (χ0v) is 23.7. The van der Waals surface area contributed by atoms with Crippen molar-refractivity contribution in [1.82, 2.24) is 10.2 Å². The Labute approximate surface area is 228 Å². The van der Waals surface area contributed by atoms with Crippen LogP contribution in [-0.4, -0.2) is 56.3 Å². The molecule has 1 aromatic carbocycles. The number of terminal acetylenes is 2. The lowest BCUT2D eigenvalue weighted by atomic mass is 9.79. The van der Waals surface area contributed by atoms with Crippen molar-refractivity contribution < 1.29 is 23.8 Å². The number of esters is 2. The Bertz CT molecular complexity index is 1090. The largest absolute Gasteiger partial charge is 0.494 e. The molecule has 0 bridgehead atoms. The molecule has 0 aliphatic carbocycles. The van der Waals surface area contributed by atoms with Crippen molar-refractivity contribution in [3.05, 3.63) is 50.8 Å². The number of rotatable bonds is 12. The molecule has 37 heavy (non-hydrogen) atoms. The summed E-state index contributed by atoms with van der Waals surface area (Å²) in [5.74, 6) is 3.22. The van der Waals surface area contributed by atoms with Crippen LogP contribution in [0.5, 0.6) is 5.75 Å². The molecule has 0 spiro atoms. The molecular weight excluding hydrogens is 536 g/mol. The maximum atomic E-state index is 13.3. The molecule has 7 nitrogen and oxygen atoms in total. The summed E-state index contributed by atoms with van der Waals surface area (Å²) in [5.41, 5.74) is 2.48. The standard InChI is InChI=1S/C29H35BrN2O5/c1-8-14-31-19(4)13-17-35-22-11-12-24(30)23(18-22)27-25(28(33)36-15-9-2)20(5)32(7)21(6)26(27)29(34)37-16-10-3/h2-3,11-12,18-19,27,31H,8,13-17H2,1,4-7H3. The number of halogens is 1. The van der Waals surface area contributed by atoms with E-state index in [1.54, 1.807) is 25.8 Å². The van der Waals surface area contributed by atoms with E-state index in [1.165, 1.54) is 0 Å². The zero-order chi connectivity index (χ0) is 27.5. The average molecular weight is 572 g/mol. The molecule has 1 aliphatic heterocycles. The molecular formula is C29H35BrN2O5. The minimum atomic E-state index is -0.796. The smallest absolute Gasteiger partial charge is 0.337 e. The Morgan fingerprint density at radius 1 is 1.11 bits per heavy atom. The van der Waals surface area contributed by atoms with Gasteiger partial charge in [-0.1, -0.05) is 34.7 Å². The van der Waals surface area contributed by atoms with Crippen molar-refractivity contribution in [2.24, 2.45) is 0 Å². The van der Waals surface area contributed by atoms with Crippen LogP contribution in [0.2, 0.25) is 0 Å². The monoisotopic (exact) mass is 570 g/mol. The quantitative estimate of drug-likeness (QED) is 0.292. The molecule has 0 radical (unpaired) electrons. The van der Waals surface area contributed by atoms with E-state index >= 15 is 0 Å². The molecule has 1 atom stereocenters. The van der Waals surface area contributed by atoms with E-state index in [2.05, 4.69) is 46.9 Å². The average Bonchev–Trinajstić information content (AvgIpc) is 2.88. The summed E-state index contributed by atoms with van der Waals surface area (Å²) in [7, 11) is 1.77. The van der Waals surface area contributed by atoms with Crippen LogP contribution in [0.25, 0.3) is 0 Å². The lowest BCUT2D eigenvalue weighted by Crippen LogP contribution is -2.34. The molecule has 0 aromatic heterocycles. The van der Waals surface area contributed by atoms with Crippen molar-refractivity contribution in [2.45, 2.75) is 52.5 Å². The molecule has 0 fully saturated rings. The third-order valence-corrected chi connectivity index (χ3v) is 6.94. The number of hydrogen-bond acceptors (Lipinski definition) is 7. The Kier molecular flexibility index (Phi) is 11.8. The van der Waals surface area contributed by atoms with E-state index in [1.807, 2.05) is 18.2 Å². The molecule has 198 valence electrons. The number of nitrogens with one attached hydrogen (secondary N) is 1. The highest BCUT2D eigenvalue weighted by atomic mass is 79.9. The molecule has 2 rings (SSSR count). The molecule has 0 saturated heterocycles. The Morgan fingerprint density at radius 2 is 1.68 bits per heavy atom. The van der Waals surface area contributed by atoms with Crippen LogP contribution < -0.4 is 10.1 Å². The van der Waals surface area contributed by atoms with Crippen LogP contribution in [0.4, 0.5) is 0 Å². The highest BCUT2D eigenvalue weighted by molar-refractivity contribution is 9.10. The minimum Gasteiger partial charge on any atom is -0.494 e. The molecule has 1 unspecified atom stereocenters. The number of ether oxygens (including phenoxy) is 3. The van der Waals surface area contributed by atoms with Gasteiger partial charge in [-0.25, -0.2) is 9.59 Å². The molecule has 1 N–H and O–H groups in total. The predicted octanol–water partition coefficient (Wildman–Crippen LogP) is 4.54. The van der Waals surface area contributed by atoms with Gasteiger partial charge in [0.25, 0.3) is 0 Å². The second kappa shape index (κ2) is 14.5. The van der Waals surface area contributed by atoms with E-state index in [0.717, 1.165) is 19.4 Å². The van der Waals surface area contributed by atoms with Crippen LogP contribution >= 0.6 is 15.9 Å². The molecule has 0 saturated carbocycles. The minimum absolute atomic E-state index is 0.194. The number of allylic oxidation sites excluding steroid dienone is 2. The van der Waals surface area contributed by atoms with Gasteiger partial charge in [0.05, 0.1) is 23.7 Å². The summed E-state index contributed by atoms with van der Waals surface area (Å²) >= 11 is 3.61. The van der Waals surface area contributed by atoms with Crippen LogP contribution in [-0.2, 0) is 19.1 Å². The summed E-state index contributed by atoms with van der Waals surface area (Å²) in [6, 6.07) is 5.82. The Balaban J connectivity index is 2.54. The van der Waals surface area contributed by atoms with Gasteiger partial charge in [-0.15, -0.1) is 12.8 Å². The number of hydrogen-bond donors (Lipinski definition) is 1. The van der Waals surface area contributed by atoms with Crippen molar-refractivity contribution in [3.8, 4) is 30.4 Å². The topological polar surface area (TPSA) is 77.1 Å². The number of nitrogens with zero attached hydrogens (tertiary/aromatic N) is 1. The van der Waals surface area contributed by atoms with Crippen molar-refractivity contribution in [1.29, 1.82) is 0 Å². The maximum absolute atomic E-state index is 13.3. The normalized spacial score (nSPS) is 14.6. The fraction of sp³-hybridized carbons (Fsp3) is 0.448. The first-order chi connectivity index (χ1) is 17.7. The van der Waals surface area contributed by atoms with E-state index in [9.17, 15) is 9.59 Å². The van der Waals surface area contributed by atoms with Crippen molar-refractivity contribution in [2.75, 3.05) is 33.4 Å². The van der Waals surface area contributed by atoms with Crippen molar-refractivity contribution in [3.63, 3.8) is 0 Å². The highest BCUT2D eigenvalue weighted by Crippen LogP contribution is 2.45. The van der Waals surface area contributed by atoms with Gasteiger partial charge in [-0.2, -0.15) is 0 Å². The zero-order valence-electron chi connectivity index (χ0n) is 22.2. The fourth-order valence-corrected chi connectivity index (χ4v) is 4.54. The fourth-order valence-electron chi connectivity index (χ4n) is 4.07. The second-order valence-corrected chi connectivity index (χ2v) is 9.58. The van der Waals surface area contributed by atoms with Gasteiger partial charge in [0, 0.05) is 29.0 Å². The van der Waals surface area contributed by atoms with E-state index in [-0.39, 0.29) is 24.4 Å². The SMILES string of the molecule is C#CCOC(=O)C1=C(C)N(C)C(C)=C(C(=O)OCC#C)C1c1cc(OCCC(C)NCCC)ccc1Br. The first kappa shape index (κ1) is 30.0. The summed E-state index contributed by atoms with van der Waals surface area (Å²) in [6.07, 6.45) is 12.5. The molecule has 1 aromatic rings. The third kappa shape index (κ3) is 7.64. The van der Waals surface area contributed by atoms with E-state index < -0.39 is 17.9 Å². The molecule has 0 amide bonds. The summed E-state index contributed by atoms with van der Waals surface area (Å²) < 4.78 is 17.4. The van der Waals surface area contributed by atoms with E-state index in [0.29, 0.717) is 39.8 Å².